The molecule has 4 aromatic rings. The molecule has 0 fully saturated rings. The zero-order chi connectivity index (χ0) is 27.8. The van der Waals surface area contributed by atoms with E-state index in [1.54, 1.807) is 20.8 Å². The SMILES string of the molecule is CCOC(=O)c1sc(NC(=O)CSc2nc(-c3ccccc3)cc(-c3ccccc3)n2)c(C(=O)OCC)c1C. The van der Waals surface area contributed by atoms with Gasteiger partial charge in [0.25, 0.3) is 0 Å². The second-order valence-electron chi connectivity index (χ2n) is 8.19. The molecule has 0 aliphatic heterocycles. The normalized spacial score (nSPS) is 10.6. The molecule has 0 unspecified atom stereocenters. The minimum Gasteiger partial charge on any atom is -0.462 e. The van der Waals surface area contributed by atoms with Gasteiger partial charge in [-0.2, -0.15) is 0 Å². The Balaban J connectivity index is 1.58. The molecule has 2 heterocycles. The standard InChI is InChI=1S/C29H27N3O5S2/c1-4-36-27(34)24-18(3)25(28(35)37-5-2)39-26(24)32-23(33)17-38-29-30-21(19-12-8-6-9-13-19)16-22(31-29)20-14-10-7-11-15-20/h6-16H,4-5,17H2,1-3H3,(H,32,33). The van der Waals surface area contributed by atoms with Gasteiger partial charge in [0.2, 0.25) is 5.91 Å². The zero-order valence-corrected chi connectivity index (χ0v) is 23.4. The first-order chi connectivity index (χ1) is 18.9. The fraction of sp³-hybridized carbons (Fsp3) is 0.207. The summed E-state index contributed by atoms with van der Waals surface area (Å²) < 4.78 is 10.3. The minimum absolute atomic E-state index is 0.0135. The monoisotopic (exact) mass is 561 g/mol. The molecule has 2 aromatic heterocycles. The number of hydrogen-bond acceptors (Lipinski definition) is 9. The average Bonchev–Trinajstić information content (AvgIpc) is 3.28. The van der Waals surface area contributed by atoms with Gasteiger partial charge in [-0.05, 0) is 32.4 Å². The van der Waals surface area contributed by atoms with Crippen LogP contribution in [0.5, 0.6) is 0 Å². The first kappa shape index (κ1) is 28.0. The van der Waals surface area contributed by atoms with E-state index in [-0.39, 0.29) is 40.3 Å². The number of carbonyl (C=O) groups excluding carboxylic acids is 3. The molecule has 0 atom stereocenters. The fourth-order valence-electron chi connectivity index (χ4n) is 3.74. The Kier molecular flexibility index (Phi) is 9.45. The number of benzene rings is 2. The Morgan fingerprint density at radius 2 is 1.38 bits per heavy atom. The fourth-order valence-corrected chi connectivity index (χ4v) is 5.50. The van der Waals surface area contributed by atoms with Gasteiger partial charge >= 0.3 is 11.9 Å². The van der Waals surface area contributed by atoms with Crippen LogP contribution in [0.25, 0.3) is 22.5 Å². The molecule has 0 aliphatic carbocycles. The Labute approximate surface area is 234 Å². The van der Waals surface area contributed by atoms with Crippen LogP contribution >= 0.6 is 23.1 Å². The van der Waals surface area contributed by atoms with Crippen molar-refractivity contribution < 1.29 is 23.9 Å². The minimum atomic E-state index is -0.615. The molecule has 200 valence electrons. The van der Waals surface area contributed by atoms with Gasteiger partial charge in [-0.15, -0.1) is 11.3 Å². The maximum absolute atomic E-state index is 13.0. The van der Waals surface area contributed by atoms with Gasteiger partial charge in [-0.25, -0.2) is 19.6 Å². The molecule has 0 aliphatic rings. The van der Waals surface area contributed by atoms with Crippen LogP contribution in [0, 0.1) is 6.92 Å². The van der Waals surface area contributed by atoms with E-state index in [4.69, 9.17) is 9.47 Å². The zero-order valence-electron chi connectivity index (χ0n) is 21.7. The molecule has 39 heavy (non-hydrogen) atoms. The van der Waals surface area contributed by atoms with Crippen LogP contribution in [0.2, 0.25) is 0 Å². The summed E-state index contributed by atoms with van der Waals surface area (Å²) in [6, 6.07) is 21.4. The Morgan fingerprint density at radius 1 is 0.846 bits per heavy atom. The molecule has 10 heteroatoms. The highest BCUT2D eigenvalue weighted by molar-refractivity contribution is 7.99. The summed E-state index contributed by atoms with van der Waals surface area (Å²) in [4.78, 5) is 47.6. The number of anilines is 1. The number of nitrogens with zero attached hydrogens (tertiary/aromatic N) is 2. The lowest BCUT2D eigenvalue weighted by atomic mass is 10.1. The molecule has 0 saturated carbocycles. The Bertz CT molecular complexity index is 1420. The van der Waals surface area contributed by atoms with Crippen LogP contribution in [-0.2, 0) is 14.3 Å². The molecule has 0 bridgehead atoms. The number of hydrogen-bond donors (Lipinski definition) is 1. The quantitative estimate of drug-likeness (QED) is 0.137. The summed E-state index contributed by atoms with van der Waals surface area (Å²) >= 11 is 2.17. The smallest absolute Gasteiger partial charge is 0.348 e. The van der Waals surface area contributed by atoms with E-state index in [9.17, 15) is 14.4 Å². The highest BCUT2D eigenvalue weighted by Gasteiger charge is 2.27. The van der Waals surface area contributed by atoms with Crippen LogP contribution < -0.4 is 5.32 Å². The predicted octanol–water partition coefficient (Wildman–Crippen LogP) is 6.26. The van der Waals surface area contributed by atoms with Gasteiger partial charge in [0.1, 0.15) is 9.88 Å². The summed E-state index contributed by atoms with van der Waals surface area (Å²) in [5.74, 6) is -1.56. The largest absolute Gasteiger partial charge is 0.462 e. The van der Waals surface area contributed by atoms with Crippen LogP contribution in [0.4, 0.5) is 5.00 Å². The number of thiophene rings is 1. The molecule has 1 N–H and O–H groups in total. The summed E-state index contributed by atoms with van der Waals surface area (Å²) in [6.45, 7) is 5.37. The third kappa shape index (κ3) is 6.90. The molecule has 0 radical (unpaired) electrons. The Hall–Kier alpha value is -4.02. The predicted molar refractivity (Wildman–Crippen MR) is 153 cm³/mol. The number of thioether (sulfide) groups is 1. The van der Waals surface area contributed by atoms with E-state index in [0.29, 0.717) is 10.7 Å². The summed E-state index contributed by atoms with van der Waals surface area (Å²) in [5, 5.41) is 3.44. The van der Waals surface area contributed by atoms with Crippen molar-refractivity contribution in [2.75, 3.05) is 24.3 Å². The molecular weight excluding hydrogens is 534 g/mol. The number of esters is 2. The van der Waals surface area contributed by atoms with Crippen molar-refractivity contribution in [1.29, 1.82) is 0 Å². The van der Waals surface area contributed by atoms with Crippen molar-refractivity contribution in [3.05, 3.63) is 82.7 Å². The highest BCUT2D eigenvalue weighted by Crippen LogP contribution is 2.35. The number of amides is 1. The van der Waals surface area contributed by atoms with E-state index in [2.05, 4.69) is 15.3 Å². The maximum Gasteiger partial charge on any atom is 0.348 e. The van der Waals surface area contributed by atoms with Crippen molar-refractivity contribution >= 4 is 45.9 Å². The maximum atomic E-state index is 13.0. The number of nitrogens with one attached hydrogen (secondary N) is 1. The summed E-state index contributed by atoms with van der Waals surface area (Å²) in [7, 11) is 0. The van der Waals surface area contributed by atoms with Gasteiger partial charge in [0, 0.05) is 11.1 Å². The van der Waals surface area contributed by atoms with Crippen molar-refractivity contribution in [1.82, 2.24) is 9.97 Å². The van der Waals surface area contributed by atoms with E-state index in [1.165, 1.54) is 11.8 Å². The number of carbonyl (C=O) groups is 3. The Morgan fingerprint density at radius 3 is 1.92 bits per heavy atom. The number of rotatable bonds is 10. The highest BCUT2D eigenvalue weighted by atomic mass is 32.2. The van der Waals surface area contributed by atoms with Crippen molar-refractivity contribution in [2.24, 2.45) is 0 Å². The number of aromatic nitrogens is 2. The van der Waals surface area contributed by atoms with Gasteiger partial charge in [0.15, 0.2) is 5.16 Å². The van der Waals surface area contributed by atoms with E-state index in [1.807, 2.05) is 66.7 Å². The first-order valence-electron chi connectivity index (χ1n) is 12.3. The lowest BCUT2D eigenvalue weighted by Crippen LogP contribution is -2.16. The lowest BCUT2D eigenvalue weighted by Gasteiger charge is -2.09. The molecule has 0 saturated heterocycles. The van der Waals surface area contributed by atoms with E-state index >= 15 is 0 Å². The topological polar surface area (TPSA) is 107 Å². The molecule has 8 nitrogen and oxygen atoms in total. The molecular formula is C29H27N3O5S2. The average molecular weight is 562 g/mol. The second-order valence-corrected chi connectivity index (χ2v) is 10.2. The van der Waals surface area contributed by atoms with Crippen molar-refractivity contribution in [2.45, 2.75) is 25.9 Å². The summed E-state index contributed by atoms with van der Waals surface area (Å²) in [5.41, 5.74) is 3.91. The van der Waals surface area contributed by atoms with Crippen LogP contribution in [0.1, 0.15) is 39.4 Å². The third-order valence-electron chi connectivity index (χ3n) is 5.52. The van der Waals surface area contributed by atoms with Crippen molar-refractivity contribution in [3.8, 4) is 22.5 Å². The van der Waals surface area contributed by atoms with E-state index < -0.39 is 11.9 Å². The van der Waals surface area contributed by atoms with Crippen LogP contribution in [0.3, 0.4) is 0 Å². The van der Waals surface area contributed by atoms with Crippen molar-refractivity contribution in [3.63, 3.8) is 0 Å². The molecule has 2 aromatic carbocycles. The third-order valence-corrected chi connectivity index (χ3v) is 7.55. The first-order valence-corrected chi connectivity index (χ1v) is 14.1. The second kappa shape index (κ2) is 13.2. The number of ether oxygens (including phenoxy) is 2. The van der Waals surface area contributed by atoms with Gasteiger partial charge in [-0.1, -0.05) is 72.4 Å². The van der Waals surface area contributed by atoms with Gasteiger partial charge < -0.3 is 14.8 Å². The van der Waals surface area contributed by atoms with Crippen LogP contribution in [-0.4, -0.2) is 46.8 Å². The molecule has 4 rings (SSSR count). The van der Waals surface area contributed by atoms with Crippen LogP contribution in [0.15, 0.2) is 71.9 Å². The molecule has 1 amide bonds. The lowest BCUT2D eigenvalue weighted by molar-refractivity contribution is -0.113. The van der Waals surface area contributed by atoms with Gasteiger partial charge in [-0.3, -0.25) is 4.79 Å². The summed E-state index contributed by atoms with van der Waals surface area (Å²) in [6.07, 6.45) is 0. The molecule has 0 spiro atoms. The van der Waals surface area contributed by atoms with E-state index in [0.717, 1.165) is 33.9 Å². The van der Waals surface area contributed by atoms with Gasteiger partial charge in [0.05, 0.1) is 35.9 Å².